The maximum atomic E-state index is 10.8. The van der Waals surface area contributed by atoms with Crippen molar-refractivity contribution in [3.8, 4) is 5.75 Å². The first-order valence-corrected chi connectivity index (χ1v) is 5.75. The molecule has 0 fully saturated rings. The quantitative estimate of drug-likeness (QED) is 0.801. The van der Waals surface area contributed by atoms with Crippen molar-refractivity contribution in [2.45, 2.75) is 13.5 Å². The fourth-order valence-electron chi connectivity index (χ4n) is 1.62. The van der Waals surface area contributed by atoms with E-state index in [2.05, 4.69) is 4.98 Å². The minimum absolute atomic E-state index is 0.140. The third kappa shape index (κ3) is 2.54. The van der Waals surface area contributed by atoms with E-state index >= 15 is 0 Å². The second kappa shape index (κ2) is 5.23. The fourth-order valence-corrected chi connectivity index (χ4v) is 1.83. The molecule has 4 nitrogen and oxygen atoms in total. The second-order valence-corrected chi connectivity index (χ2v) is 4.14. The van der Waals surface area contributed by atoms with Gasteiger partial charge in [-0.15, -0.1) is 0 Å². The minimum atomic E-state index is -0.338. The molecule has 0 spiro atoms. The normalized spacial score (nSPS) is 10.4. The van der Waals surface area contributed by atoms with Crippen LogP contribution in [0.4, 0.5) is 0 Å². The maximum absolute atomic E-state index is 10.8. The third-order valence-corrected chi connectivity index (χ3v) is 2.80. The molecule has 0 unspecified atom stereocenters. The van der Waals surface area contributed by atoms with E-state index < -0.39 is 0 Å². The van der Waals surface area contributed by atoms with Crippen molar-refractivity contribution in [1.82, 2.24) is 4.98 Å². The maximum Gasteiger partial charge on any atom is 0.303 e. The number of benzene rings is 1. The summed E-state index contributed by atoms with van der Waals surface area (Å²) < 4.78 is 10.1. The predicted molar refractivity (Wildman–Crippen MR) is 68.8 cm³/mol. The number of methoxy groups -OCH3 is 1. The van der Waals surface area contributed by atoms with Crippen LogP contribution in [0.3, 0.4) is 0 Å². The molecule has 5 heteroatoms. The first-order valence-electron chi connectivity index (χ1n) is 5.37. The lowest BCUT2D eigenvalue weighted by atomic mass is 10.2. The number of fused-ring (bicyclic) bond motifs is 1. The number of carbonyl (C=O) groups excluding carboxylic acids is 1. The first kappa shape index (κ1) is 12.6. The van der Waals surface area contributed by atoms with Crippen LogP contribution in [-0.2, 0) is 16.1 Å². The number of halogens is 1. The lowest BCUT2D eigenvalue weighted by molar-refractivity contribution is -0.142. The summed E-state index contributed by atoms with van der Waals surface area (Å²) in [5.74, 6) is 0.300. The Labute approximate surface area is 109 Å². The summed E-state index contributed by atoms with van der Waals surface area (Å²) in [5, 5.41) is 1.42. The Kier molecular flexibility index (Phi) is 3.67. The van der Waals surface area contributed by atoms with Gasteiger partial charge >= 0.3 is 5.97 Å². The summed E-state index contributed by atoms with van der Waals surface area (Å²) >= 11 is 6.08. The van der Waals surface area contributed by atoms with Crippen molar-refractivity contribution in [1.29, 1.82) is 0 Å². The Balaban J connectivity index is 2.45. The number of carbonyl (C=O) groups is 1. The van der Waals surface area contributed by atoms with Crippen LogP contribution >= 0.6 is 11.6 Å². The van der Waals surface area contributed by atoms with Crippen molar-refractivity contribution >= 4 is 28.5 Å². The van der Waals surface area contributed by atoms with E-state index in [9.17, 15) is 4.79 Å². The van der Waals surface area contributed by atoms with Gasteiger partial charge in [0, 0.05) is 12.3 Å². The average Bonchev–Trinajstić information content (AvgIpc) is 2.37. The molecule has 0 radical (unpaired) electrons. The van der Waals surface area contributed by atoms with Crippen molar-refractivity contribution in [3.63, 3.8) is 0 Å². The summed E-state index contributed by atoms with van der Waals surface area (Å²) in [6.07, 6.45) is 0. The Morgan fingerprint density at radius 3 is 2.78 bits per heavy atom. The molecule has 0 saturated heterocycles. The van der Waals surface area contributed by atoms with E-state index in [0.29, 0.717) is 22.0 Å². The van der Waals surface area contributed by atoms with Gasteiger partial charge in [-0.25, -0.2) is 4.98 Å². The molecule has 2 rings (SSSR count). The highest BCUT2D eigenvalue weighted by molar-refractivity contribution is 6.35. The second-order valence-electron chi connectivity index (χ2n) is 3.73. The van der Waals surface area contributed by atoms with Gasteiger partial charge in [-0.2, -0.15) is 0 Å². The van der Waals surface area contributed by atoms with Crippen LogP contribution in [0.5, 0.6) is 5.75 Å². The highest BCUT2D eigenvalue weighted by Crippen LogP contribution is 2.30. The summed E-state index contributed by atoms with van der Waals surface area (Å²) in [7, 11) is 1.57. The van der Waals surface area contributed by atoms with Crippen LogP contribution in [0.2, 0.25) is 5.02 Å². The Morgan fingerprint density at radius 2 is 2.11 bits per heavy atom. The van der Waals surface area contributed by atoms with E-state index in [-0.39, 0.29) is 12.6 Å². The molecule has 0 amide bonds. The number of hydrogen-bond acceptors (Lipinski definition) is 4. The highest BCUT2D eigenvalue weighted by atomic mass is 35.5. The number of rotatable bonds is 3. The van der Waals surface area contributed by atoms with Gasteiger partial charge in [0.25, 0.3) is 0 Å². The molecule has 1 heterocycles. The standard InChI is InChI=1S/C13H12ClNO3/c1-8(16)18-7-9-3-4-10-11(14)5-6-12(17-2)13(10)15-9/h3-6H,7H2,1-2H3. The van der Waals surface area contributed by atoms with Crippen LogP contribution in [0.25, 0.3) is 10.9 Å². The first-order chi connectivity index (χ1) is 8.61. The summed E-state index contributed by atoms with van der Waals surface area (Å²) in [6, 6.07) is 7.13. The molecule has 0 atom stereocenters. The topological polar surface area (TPSA) is 48.4 Å². The zero-order valence-corrected chi connectivity index (χ0v) is 10.8. The van der Waals surface area contributed by atoms with E-state index in [1.807, 2.05) is 6.07 Å². The lowest BCUT2D eigenvalue weighted by Gasteiger charge is -2.08. The van der Waals surface area contributed by atoms with Crippen LogP contribution < -0.4 is 4.74 Å². The van der Waals surface area contributed by atoms with E-state index in [1.54, 1.807) is 25.3 Å². The Morgan fingerprint density at radius 1 is 1.33 bits per heavy atom. The molecular formula is C13H12ClNO3. The average molecular weight is 266 g/mol. The van der Waals surface area contributed by atoms with Gasteiger partial charge in [-0.05, 0) is 24.3 Å². The Hall–Kier alpha value is -1.81. The molecule has 2 aromatic rings. The third-order valence-electron chi connectivity index (χ3n) is 2.47. The Bertz CT molecular complexity index is 598. The number of hydrogen-bond donors (Lipinski definition) is 0. The van der Waals surface area contributed by atoms with E-state index in [4.69, 9.17) is 21.1 Å². The van der Waals surface area contributed by atoms with Crippen molar-refractivity contribution in [2.24, 2.45) is 0 Å². The number of pyridine rings is 1. The van der Waals surface area contributed by atoms with Crippen LogP contribution in [0, 0.1) is 0 Å². The van der Waals surface area contributed by atoms with Gasteiger partial charge in [-0.1, -0.05) is 11.6 Å². The van der Waals surface area contributed by atoms with Gasteiger partial charge in [0.2, 0.25) is 0 Å². The smallest absolute Gasteiger partial charge is 0.303 e. The van der Waals surface area contributed by atoms with Crippen molar-refractivity contribution < 1.29 is 14.3 Å². The van der Waals surface area contributed by atoms with Crippen molar-refractivity contribution in [2.75, 3.05) is 7.11 Å². The number of nitrogens with zero attached hydrogens (tertiary/aromatic N) is 1. The lowest BCUT2D eigenvalue weighted by Crippen LogP contribution is -2.01. The highest BCUT2D eigenvalue weighted by Gasteiger charge is 2.08. The largest absolute Gasteiger partial charge is 0.494 e. The van der Waals surface area contributed by atoms with Gasteiger partial charge in [0.1, 0.15) is 17.9 Å². The summed E-state index contributed by atoms with van der Waals surface area (Å²) in [6.45, 7) is 1.50. The zero-order chi connectivity index (χ0) is 13.1. The molecule has 18 heavy (non-hydrogen) atoms. The molecule has 94 valence electrons. The summed E-state index contributed by atoms with van der Waals surface area (Å²) in [5.41, 5.74) is 1.31. The molecule has 0 bridgehead atoms. The van der Waals surface area contributed by atoms with Gasteiger partial charge in [0.15, 0.2) is 0 Å². The molecule has 0 aliphatic heterocycles. The number of ether oxygens (including phenoxy) is 2. The van der Waals surface area contributed by atoms with Gasteiger partial charge < -0.3 is 9.47 Å². The molecule has 1 aromatic carbocycles. The molecule has 1 aromatic heterocycles. The summed E-state index contributed by atoms with van der Waals surface area (Å²) in [4.78, 5) is 15.2. The van der Waals surface area contributed by atoms with E-state index in [1.165, 1.54) is 6.92 Å². The molecular weight excluding hydrogens is 254 g/mol. The SMILES string of the molecule is COc1ccc(Cl)c2ccc(COC(C)=O)nc12. The number of esters is 1. The molecule has 0 aliphatic carbocycles. The van der Waals surface area contributed by atoms with Crippen LogP contribution in [0.15, 0.2) is 24.3 Å². The van der Waals surface area contributed by atoms with Gasteiger partial charge in [-0.3, -0.25) is 4.79 Å². The zero-order valence-electron chi connectivity index (χ0n) is 10.1. The van der Waals surface area contributed by atoms with Gasteiger partial charge in [0.05, 0.1) is 17.8 Å². The predicted octanol–water partition coefficient (Wildman–Crippen LogP) is 2.96. The van der Waals surface area contributed by atoms with Crippen LogP contribution in [-0.4, -0.2) is 18.1 Å². The van der Waals surface area contributed by atoms with Crippen LogP contribution in [0.1, 0.15) is 12.6 Å². The monoisotopic (exact) mass is 265 g/mol. The molecule has 0 N–H and O–H groups in total. The van der Waals surface area contributed by atoms with Crippen molar-refractivity contribution in [3.05, 3.63) is 35.0 Å². The molecule has 0 saturated carbocycles. The minimum Gasteiger partial charge on any atom is -0.494 e. The molecule has 0 aliphatic rings. The fraction of sp³-hybridized carbons (Fsp3) is 0.231. The van der Waals surface area contributed by atoms with E-state index in [0.717, 1.165) is 5.39 Å². The number of aromatic nitrogens is 1.